The molecule has 1 unspecified atom stereocenters. The molecule has 1 aromatic carbocycles. The van der Waals surface area contributed by atoms with Crippen molar-refractivity contribution in [3.05, 3.63) is 30.0 Å². The Morgan fingerprint density at radius 1 is 1.35 bits per heavy atom. The Morgan fingerprint density at radius 3 is 2.76 bits per heavy atom. The molecule has 1 aromatic heterocycles. The van der Waals surface area contributed by atoms with Crippen LogP contribution in [-0.4, -0.2) is 15.8 Å². The van der Waals surface area contributed by atoms with E-state index in [0.29, 0.717) is 6.04 Å². The molecular formula is C13H20N4. The zero-order chi connectivity index (χ0) is 12.3. The van der Waals surface area contributed by atoms with Crippen LogP contribution in [0, 0.1) is 0 Å². The molecule has 4 nitrogen and oxygen atoms in total. The van der Waals surface area contributed by atoms with E-state index < -0.39 is 0 Å². The molecule has 3 N–H and O–H groups in total. The minimum Gasteiger partial charge on any atom is -0.271 e. The van der Waals surface area contributed by atoms with Gasteiger partial charge in [0.1, 0.15) is 0 Å². The van der Waals surface area contributed by atoms with Crippen LogP contribution >= 0.6 is 0 Å². The first-order chi connectivity index (χ1) is 8.30. The predicted octanol–water partition coefficient (Wildman–Crippen LogP) is 1.84. The van der Waals surface area contributed by atoms with Crippen LogP contribution in [0.2, 0.25) is 0 Å². The lowest BCUT2D eigenvalue weighted by Crippen LogP contribution is -2.36. The third kappa shape index (κ3) is 2.33. The summed E-state index contributed by atoms with van der Waals surface area (Å²) in [5, 5.41) is 5.90. The van der Waals surface area contributed by atoms with Crippen LogP contribution in [0.4, 0.5) is 0 Å². The van der Waals surface area contributed by atoms with Crippen molar-refractivity contribution < 1.29 is 0 Å². The molecule has 1 atom stereocenters. The molecule has 4 heteroatoms. The van der Waals surface area contributed by atoms with Crippen molar-refractivity contribution in [3.63, 3.8) is 0 Å². The molecule has 0 saturated carbocycles. The van der Waals surface area contributed by atoms with Gasteiger partial charge in [0.05, 0.1) is 11.2 Å². The van der Waals surface area contributed by atoms with E-state index in [1.54, 1.807) is 0 Å². The van der Waals surface area contributed by atoms with E-state index in [9.17, 15) is 0 Å². The van der Waals surface area contributed by atoms with Gasteiger partial charge in [-0.3, -0.25) is 16.0 Å². The van der Waals surface area contributed by atoms with Gasteiger partial charge in [0.15, 0.2) is 0 Å². The van der Waals surface area contributed by atoms with Crippen molar-refractivity contribution in [3.8, 4) is 0 Å². The van der Waals surface area contributed by atoms with E-state index in [0.717, 1.165) is 25.1 Å². The summed E-state index contributed by atoms with van der Waals surface area (Å²) in [7, 11) is 0. The van der Waals surface area contributed by atoms with Crippen molar-refractivity contribution in [2.75, 3.05) is 0 Å². The first kappa shape index (κ1) is 12.1. The summed E-state index contributed by atoms with van der Waals surface area (Å²) in [5.41, 5.74) is 5.18. The molecule has 17 heavy (non-hydrogen) atoms. The molecule has 1 heterocycles. The highest BCUT2D eigenvalue weighted by atomic mass is 15.3. The van der Waals surface area contributed by atoms with Crippen LogP contribution in [0.5, 0.6) is 0 Å². The number of aromatic nitrogens is 2. The summed E-state index contributed by atoms with van der Waals surface area (Å²) < 4.78 is 2.05. The number of nitrogens with two attached hydrogens (primary N) is 1. The van der Waals surface area contributed by atoms with Crippen molar-refractivity contribution in [2.45, 2.75) is 39.3 Å². The summed E-state index contributed by atoms with van der Waals surface area (Å²) in [6, 6.07) is 8.65. The fourth-order valence-electron chi connectivity index (χ4n) is 2.14. The molecule has 0 aliphatic carbocycles. The molecule has 0 fully saturated rings. The molecule has 2 aromatic rings. The number of rotatable bonds is 5. The van der Waals surface area contributed by atoms with Gasteiger partial charge in [0.25, 0.3) is 0 Å². The molecule has 0 saturated heterocycles. The monoisotopic (exact) mass is 232 g/mol. The Hall–Kier alpha value is -1.39. The predicted molar refractivity (Wildman–Crippen MR) is 70.5 cm³/mol. The number of benzene rings is 1. The topological polar surface area (TPSA) is 55.9 Å². The van der Waals surface area contributed by atoms with Gasteiger partial charge >= 0.3 is 0 Å². The van der Waals surface area contributed by atoms with Gasteiger partial charge in [-0.2, -0.15) is 5.10 Å². The number of para-hydroxylation sites is 1. The van der Waals surface area contributed by atoms with E-state index in [4.69, 9.17) is 5.84 Å². The minimum atomic E-state index is 0.290. The third-order valence-corrected chi connectivity index (χ3v) is 3.20. The lowest BCUT2D eigenvalue weighted by atomic mass is 10.1. The minimum absolute atomic E-state index is 0.290. The molecule has 0 amide bonds. The lowest BCUT2D eigenvalue weighted by Gasteiger charge is -2.11. The largest absolute Gasteiger partial charge is 0.271 e. The van der Waals surface area contributed by atoms with E-state index in [2.05, 4.69) is 48.6 Å². The van der Waals surface area contributed by atoms with E-state index in [1.807, 2.05) is 4.68 Å². The zero-order valence-electron chi connectivity index (χ0n) is 10.5. The molecular weight excluding hydrogens is 212 g/mol. The standard InChI is InChI=1S/C13H20N4/c1-3-10(15-14)9-12-11-7-5-6-8-13(11)17(4-2)16-12/h5-8,10,15H,3-4,9,14H2,1-2H3. The van der Waals surface area contributed by atoms with Crippen LogP contribution in [0.1, 0.15) is 26.0 Å². The van der Waals surface area contributed by atoms with E-state index in [-0.39, 0.29) is 0 Å². The van der Waals surface area contributed by atoms with Gasteiger partial charge in [0.2, 0.25) is 0 Å². The fourth-order valence-corrected chi connectivity index (χ4v) is 2.14. The number of nitrogens with one attached hydrogen (secondary N) is 1. The van der Waals surface area contributed by atoms with E-state index in [1.165, 1.54) is 10.9 Å². The fraction of sp³-hybridized carbons (Fsp3) is 0.462. The summed E-state index contributed by atoms with van der Waals surface area (Å²) in [5.74, 6) is 5.53. The first-order valence-electron chi connectivity index (χ1n) is 6.20. The molecule has 0 spiro atoms. The van der Waals surface area contributed by atoms with Crippen LogP contribution < -0.4 is 11.3 Å². The number of fused-ring (bicyclic) bond motifs is 1. The summed E-state index contributed by atoms with van der Waals surface area (Å²) >= 11 is 0. The number of hydrogen-bond acceptors (Lipinski definition) is 3. The second-order valence-electron chi connectivity index (χ2n) is 4.26. The maximum Gasteiger partial charge on any atom is 0.0719 e. The maximum atomic E-state index is 5.53. The summed E-state index contributed by atoms with van der Waals surface area (Å²) in [6.45, 7) is 5.14. The van der Waals surface area contributed by atoms with Crippen molar-refractivity contribution in [2.24, 2.45) is 5.84 Å². The van der Waals surface area contributed by atoms with Gasteiger partial charge in [-0.1, -0.05) is 25.1 Å². The Morgan fingerprint density at radius 2 is 2.12 bits per heavy atom. The van der Waals surface area contributed by atoms with E-state index >= 15 is 0 Å². The molecule has 0 aliphatic heterocycles. The van der Waals surface area contributed by atoms with Crippen molar-refractivity contribution >= 4 is 10.9 Å². The third-order valence-electron chi connectivity index (χ3n) is 3.20. The normalized spacial score (nSPS) is 13.1. The van der Waals surface area contributed by atoms with Gasteiger partial charge in [-0.05, 0) is 19.4 Å². The Balaban J connectivity index is 2.40. The number of hydrazine groups is 1. The zero-order valence-corrected chi connectivity index (χ0v) is 10.5. The number of nitrogens with zero attached hydrogens (tertiary/aromatic N) is 2. The van der Waals surface area contributed by atoms with Crippen LogP contribution in [0.3, 0.4) is 0 Å². The number of aryl methyl sites for hydroxylation is 1. The first-order valence-corrected chi connectivity index (χ1v) is 6.20. The Bertz CT molecular complexity index is 485. The maximum absolute atomic E-state index is 5.53. The lowest BCUT2D eigenvalue weighted by molar-refractivity contribution is 0.502. The Kier molecular flexibility index (Phi) is 3.76. The summed E-state index contributed by atoms with van der Waals surface area (Å²) in [6.07, 6.45) is 1.88. The van der Waals surface area contributed by atoms with Crippen molar-refractivity contribution in [1.82, 2.24) is 15.2 Å². The molecule has 92 valence electrons. The molecule has 0 bridgehead atoms. The second kappa shape index (κ2) is 5.29. The van der Waals surface area contributed by atoms with Gasteiger partial charge < -0.3 is 0 Å². The molecule has 2 rings (SSSR count). The average molecular weight is 232 g/mol. The molecule has 0 radical (unpaired) electrons. The Labute approximate surface area is 102 Å². The SMILES string of the molecule is CCC(Cc1nn(CC)c2ccccc12)NN. The van der Waals surface area contributed by atoms with Gasteiger partial charge in [0, 0.05) is 24.4 Å². The van der Waals surface area contributed by atoms with Crippen LogP contribution in [0.15, 0.2) is 24.3 Å². The van der Waals surface area contributed by atoms with Crippen molar-refractivity contribution in [1.29, 1.82) is 0 Å². The van der Waals surface area contributed by atoms with Gasteiger partial charge in [-0.15, -0.1) is 0 Å². The second-order valence-corrected chi connectivity index (χ2v) is 4.26. The highest BCUT2D eigenvalue weighted by Crippen LogP contribution is 2.19. The average Bonchev–Trinajstić information content (AvgIpc) is 2.74. The highest BCUT2D eigenvalue weighted by Gasteiger charge is 2.13. The van der Waals surface area contributed by atoms with Gasteiger partial charge in [-0.25, -0.2) is 0 Å². The number of hydrogen-bond donors (Lipinski definition) is 2. The quantitative estimate of drug-likeness (QED) is 0.611. The smallest absolute Gasteiger partial charge is 0.0719 e. The highest BCUT2D eigenvalue weighted by molar-refractivity contribution is 5.82. The van der Waals surface area contributed by atoms with Crippen LogP contribution in [0.25, 0.3) is 10.9 Å². The molecule has 0 aliphatic rings. The summed E-state index contributed by atoms with van der Waals surface area (Å²) in [4.78, 5) is 0. The van der Waals surface area contributed by atoms with Crippen LogP contribution in [-0.2, 0) is 13.0 Å².